The molecule has 1 aromatic carbocycles. The smallest absolute Gasteiger partial charge is 0.234 e. The van der Waals surface area contributed by atoms with Gasteiger partial charge in [-0.25, -0.2) is 4.98 Å². The average molecular weight is 610 g/mol. The fourth-order valence-corrected chi connectivity index (χ4v) is 6.67. The first-order valence-corrected chi connectivity index (χ1v) is 14.6. The van der Waals surface area contributed by atoms with Crippen LogP contribution in [0.15, 0.2) is 63.5 Å². The molecule has 3 aromatic rings. The standard InChI is InChI=1S/C27H24ClN7O4S2/c1-38-14-8-9-20(39-2)15(11-14)22-16(12-29)25(30)35(18-6-3-7-19(36)23(18)22)26-33-34-27(41-26)40-13-21(37)32-17-5-4-10-31-24(17)28/h4-5,8-11,22H,3,6-7,13,30H2,1-2H3,(H,32,37). The Labute approximate surface area is 249 Å². The maximum atomic E-state index is 13.4. The number of hydrogen-bond donors (Lipinski definition) is 2. The van der Waals surface area contributed by atoms with Gasteiger partial charge in [-0.3, -0.25) is 14.5 Å². The Bertz CT molecular complexity index is 1630. The third-order valence-electron chi connectivity index (χ3n) is 6.61. The molecular weight excluding hydrogens is 586 g/mol. The van der Waals surface area contributed by atoms with E-state index in [2.05, 4.69) is 26.6 Å². The molecular formula is C27H24ClN7O4S2. The van der Waals surface area contributed by atoms with Crippen LogP contribution < -0.4 is 25.4 Å². The van der Waals surface area contributed by atoms with Gasteiger partial charge >= 0.3 is 0 Å². The second-order valence-corrected chi connectivity index (χ2v) is 11.5. The van der Waals surface area contributed by atoms with Crippen molar-refractivity contribution < 1.29 is 19.1 Å². The molecule has 0 saturated heterocycles. The van der Waals surface area contributed by atoms with Crippen LogP contribution in [0, 0.1) is 11.3 Å². The number of nitrogens with one attached hydrogen (secondary N) is 1. The van der Waals surface area contributed by atoms with Gasteiger partial charge in [0, 0.05) is 29.5 Å². The fourth-order valence-electron chi connectivity index (χ4n) is 4.82. The van der Waals surface area contributed by atoms with Crippen LogP contribution in [0.5, 0.6) is 11.5 Å². The highest BCUT2D eigenvalue weighted by atomic mass is 35.5. The number of halogens is 1. The van der Waals surface area contributed by atoms with Gasteiger partial charge < -0.3 is 20.5 Å². The van der Waals surface area contributed by atoms with Crippen LogP contribution in [-0.2, 0) is 9.59 Å². The van der Waals surface area contributed by atoms with Crippen LogP contribution in [0.3, 0.4) is 0 Å². The van der Waals surface area contributed by atoms with Gasteiger partial charge in [-0.05, 0) is 43.2 Å². The topological polar surface area (TPSA) is 156 Å². The lowest BCUT2D eigenvalue weighted by molar-refractivity contribution is -0.116. The molecule has 2 aliphatic rings. The minimum Gasteiger partial charge on any atom is -0.497 e. The van der Waals surface area contributed by atoms with Gasteiger partial charge in [0.15, 0.2) is 15.3 Å². The first-order chi connectivity index (χ1) is 19.9. The Hall–Kier alpha value is -4.12. The Morgan fingerprint density at radius 3 is 2.85 bits per heavy atom. The molecule has 1 atom stereocenters. The van der Waals surface area contributed by atoms with Crippen LogP contribution in [-0.4, -0.2) is 46.8 Å². The summed E-state index contributed by atoms with van der Waals surface area (Å²) >= 11 is 8.42. The van der Waals surface area contributed by atoms with Gasteiger partial charge in [-0.1, -0.05) is 34.7 Å². The van der Waals surface area contributed by atoms with Crippen LogP contribution in [0.1, 0.15) is 30.7 Å². The zero-order valence-corrected chi connectivity index (χ0v) is 24.4. The molecule has 1 aliphatic heterocycles. The molecule has 3 heterocycles. The van der Waals surface area contributed by atoms with Gasteiger partial charge in [0.05, 0.1) is 43.2 Å². The second kappa shape index (κ2) is 12.2. The normalized spacial score (nSPS) is 16.8. The van der Waals surface area contributed by atoms with Gasteiger partial charge in [0.1, 0.15) is 17.3 Å². The molecule has 0 saturated carbocycles. The summed E-state index contributed by atoms with van der Waals surface area (Å²) in [6.45, 7) is 0. The number of amides is 1. The largest absolute Gasteiger partial charge is 0.497 e. The highest BCUT2D eigenvalue weighted by Gasteiger charge is 2.42. The summed E-state index contributed by atoms with van der Waals surface area (Å²) in [5.41, 5.74) is 9.03. The van der Waals surface area contributed by atoms with E-state index in [1.54, 1.807) is 42.3 Å². The number of thioether (sulfide) groups is 1. The van der Waals surface area contributed by atoms with Crippen molar-refractivity contribution in [3.05, 3.63) is 69.9 Å². The molecule has 2 aromatic heterocycles. The number of aromatic nitrogens is 3. The Kier molecular flexibility index (Phi) is 8.44. The zero-order chi connectivity index (χ0) is 29.1. The molecule has 1 amide bonds. The van der Waals surface area contributed by atoms with Crippen molar-refractivity contribution >= 4 is 57.2 Å². The maximum Gasteiger partial charge on any atom is 0.234 e. The van der Waals surface area contributed by atoms with Crippen molar-refractivity contribution in [1.29, 1.82) is 5.26 Å². The quantitative estimate of drug-likeness (QED) is 0.271. The summed E-state index contributed by atoms with van der Waals surface area (Å²) in [6.07, 6.45) is 3.06. The number of rotatable bonds is 8. The number of Topliss-reactive ketones (excluding diaryl/α,β-unsaturated/α-hetero) is 1. The van der Waals surface area contributed by atoms with E-state index in [1.807, 2.05) is 0 Å². The van der Waals surface area contributed by atoms with E-state index in [1.165, 1.54) is 36.4 Å². The third kappa shape index (κ3) is 5.58. The van der Waals surface area contributed by atoms with E-state index in [4.69, 9.17) is 26.8 Å². The lowest BCUT2D eigenvalue weighted by atomic mass is 9.75. The van der Waals surface area contributed by atoms with Gasteiger partial charge in [-0.15, -0.1) is 10.2 Å². The number of ketones is 1. The molecule has 0 radical (unpaired) electrons. The second-order valence-electron chi connectivity index (χ2n) is 8.95. The molecule has 11 nitrogen and oxygen atoms in total. The summed E-state index contributed by atoms with van der Waals surface area (Å²) in [5.74, 6) is 0.195. The number of hydrogen-bond acceptors (Lipinski definition) is 12. The minimum atomic E-state index is -0.728. The van der Waals surface area contributed by atoms with Gasteiger partial charge in [-0.2, -0.15) is 5.26 Å². The molecule has 0 fully saturated rings. The van der Waals surface area contributed by atoms with Crippen LogP contribution in [0.4, 0.5) is 10.8 Å². The number of pyridine rings is 1. The number of ether oxygens (including phenoxy) is 2. The average Bonchev–Trinajstić information content (AvgIpc) is 3.45. The Morgan fingerprint density at radius 2 is 2.12 bits per heavy atom. The lowest BCUT2D eigenvalue weighted by Gasteiger charge is -2.38. The van der Waals surface area contributed by atoms with Crippen molar-refractivity contribution in [1.82, 2.24) is 15.2 Å². The van der Waals surface area contributed by atoms with Crippen molar-refractivity contribution in [2.24, 2.45) is 5.73 Å². The molecule has 0 bridgehead atoms. The van der Waals surface area contributed by atoms with E-state index in [-0.39, 0.29) is 34.0 Å². The number of carbonyl (C=O) groups is 2. The first kappa shape index (κ1) is 28.4. The fraction of sp³-hybridized carbons (Fsp3) is 0.259. The molecule has 0 spiro atoms. The Balaban J connectivity index is 1.47. The molecule has 210 valence electrons. The monoisotopic (exact) mass is 609 g/mol. The third-order valence-corrected chi connectivity index (χ3v) is 8.95. The number of nitriles is 1. The summed E-state index contributed by atoms with van der Waals surface area (Å²) < 4.78 is 11.5. The predicted molar refractivity (Wildman–Crippen MR) is 156 cm³/mol. The van der Waals surface area contributed by atoms with E-state index in [0.29, 0.717) is 62.8 Å². The summed E-state index contributed by atoms with van der Waals surface area (Å²) in [6, 6.07) is 10.8. The van der Waals surface area contributed by atoms with E-state index in [9.17, 15) is 14.9 Å². The molecule has 14 heteroatoms. The van der Waals surface area contributed by atoms with Gasteiger partial charge in [0.25, 0.3) is 0 Å². The molecule has 41 heavy (non-hydrogen) atoms. The van der Waals surface area contributed by atoms with E-state index >= 15 is 0 Å². The van der Waals surface area contributed by atoms with Gasteiger partial charge in [0.2, 0.25) is 11.0 Å². The summed E-state index contributed by atoms with van der Waals surface area (Å²) in [5, 5.41) is 22.1. The van der Waals surface area contributed by atoms with Crippen molar-refractivity contribution in [3.63, 3.8) is 0 Å². The highest BCUT2D eigenvalue weighted by Crippen LogP contribution is 2.49. The highest BCUT2D eigenvalue weighted by molar-refractivity contribution is 8.01. The summed E-state index contributed by atoms with van der Waals surface area (Å²) in [4.78, 5) is 31.5. The number of nitrogens with two attached hydrogens (primary N) is 1. The Morgan fingerprint density at radius 1 is 1.29 bits per heavy atom. The lowest BCUT2D eigenvalue weighted by Crippen LogP contribution is -2.38. The van der Waals surface area contributed by atoms with Crippen molar-refractivity contribution in [2.75, 3.05) is 30.2 Å². The first-order valence-electron chi connectivity index (χ1n) is 12.4. The van der Waals surface area contributed by atoms with Crippen LogP contribution in [0.2, 0.25) is 5.15 Å². The molecule has 1 unspecified atom stereocenters. The number of anilines is 2. The number of allylic oxidation sites excluding steroid dienone is 3. The maximum absolute atomic E-state index is 13.4. The molecule has 3 N–H and O–H groups in total. The number of nitrogens with zero attached hydrogens (tertiary/aromatic N) is 5. The number of methoxy groups -OCH3 is 2. The molecule has 5 rings (SSSR count). The number of carbonyl (C=O) groups excluding carboxylic acids is 2. The molecule has 1 aliphatic carbocycles. The van der Waals surface area contributed by atoms with Crippen molar-refractivity contribution in [2.45, 2.75) is 29.5 Å². The van der Waals surface area contributed by atoms with E-state index in [0.717, 1.165) is 0 Å². The summed E-state index contributed by atoms with van der Waals surface area (Å²) in [7, 11) is 3.08. The van der Waals surface area contributed by atoms with E-state index < -0.39 is 5.92 Å². The van der Waals surface area contributed by atoms with Crippen molar-refractivity contribution in [3.8, 4) is 17.6 Å². The zero-order valence-electron chi connectivity index (χ0n) is 22.0. The minimum absolute atomic E-state index is 0.0543. The number of benzene rings is 1. The van der Waals surface area contributed by atoms with Crippen LogP contribution >= 0.6 is 34.7 Å². The SMILES string of the molecule is COc1ccc(OC)c(C2C(C#N)=C(N)N(c3nnc(SCC(=O)Nc4cccnc4Cl)s3)C3=C2C(=O)CCC3)c1. The predicted octanol–water partition coefficient (Wildman–Crippen LogP) is 4.64. The van der Waals surface area contributed by atoms with Crippen LogP contribution in [0.25, 0.3) is 0 Å².